The van der Waals surface area contributed by atoms with Crippen LogP contribution in [0.5, 0.6) is 0 Å². The molecule has 2 amide bonds. The number of hydroxylamine groups is 1. The number of thiophene rings is 1. The van der Waals surface area contributed by atoms with Crippen molar-refractivity contribution in [3.8, 4) is 10.6 Å². The van der Waals surface area contributed by atoms with E-state index in [1.54, 1.807) is 35.8 Å². The van der Waals surface area contributed by atoms with E-state index in [0.29, 0.717) is 27.4 Å². The minimum atomic E-state index is -4.55. The van der Waals surface area contributed by atoms with Crippen LogP contribution >= 0.6 is 11.3 Å². The van der Waals surface area contributed by atoms with Gasteiger partial charge in [0, 0.05) is 19.2 Å². The van der Waals surface area contributed by atoms with Crippen molar-refractivity contribution in [2.24, 2.45) is 7.05 Å². The number of amides is 2. The summed E-state index contributed by atoms with van der Waals surface area (Å²) >= 11 is 1.04. The molecule has 0 saturated heterocycles. The predicted molar refractivity (Wildman–Crippen MR) is 104 cm³/mol. The molecule has 3 rings (SSSR count). The van der Waals surface area contributed by atoms with Gasteiger partial charge in [0.1, 0.15) is 0 Å². The fourth-order valence-electron chi connectivity index (χ4n) is 2.78. The Kier molecular flexibility index (Phi) is 6.22. The summed E-state index contributed by atoms with van der Waals surface area (Å²) in [6.07, 6.45) is -4.22. The highest BCUT2D eigenvalue weighted by atomic mass is 32.1. The molecule has 7 nitrogen and oxygen atoms in total. The number of carbonyl (C=O) groups excluding carboxylic acids is 2. The zero-order valence-corrected chi connectivity index (χ0v) is 16.5. The summed E-state index contributed by atoms with van der Waals surface area (Å²) in [5, 5.41) is 14.8. The van der Waals surface area contributed by atoms with E-state index in [-0.39, 0.29) is 12.1 Å². The van der Waals surface area contributed by atoms with Gasteiger partial charge < -0.3 is 5.32 Å². The summed E-state index contributed by atoms with van der Waals surface area (Å²) in [6, 6.07) is 10.9. The lowest BCUT2D eigenvalue weighted by molar-refractivity contribution is -0.141. The van der Waals surface area contributed by atoms with Gasteiger partial charge in [-0.3, -0.25) is 19.5 Å². The molecule has 0 aliphatic heterocycles. The zero-order chi connectivity index (χ0) is 21.9. The molecule has 0 atom stereocenters. The second-order valence-corrected chi connectivity index (χ2v) is 7.43. The van der Waals surface area contributed by atoms with Gasteiger partial charge in [0.05, 0.1) is 15.4 Å². The smallest absolute Gasteiger partial charge is 0.321 e. The van der Waals surface area contributed by atoms with Crippen molar-refractivity contribution in [3.05, 3.63) is 58.6 Å². The van der Waals surface area contributed by atoms with E-state index < -0.39 is 23.7 Å². The van der Waals surface area contributed by atoms with E-state index in [1.165, 1.54) is 13.1 Å². The minimum absolute atomic E-state index is 0.0363. The van der Waals surface area contributed by atoms with E-state index >= 15 is 0 Å². The Morgan fingerprint density at radius 3 is 2.60 bits per heavy atom. The van der Waals surface area contributed by atoms with Gasteiger partial charge in [0.15, 0.2) is 5.69 Å². The lowest BCUT2D eigenvalue weighted by Gasteiger charge is -2.10. The van der Waals surface area contributed by atoms with Crippen LogP contribution in [0, 0.1) is 0 Å². The molecule has 2 aromatic heterocycles. The molecular weight excluding hydrogens is 421 g/mol. The van der Waals surface area contributed by atoms with Crippen LogP contribution < -0.4 is 10.8 Å². The van der Waals surface area contributed by atoms with Gasteiger partial charge in [-0.1, -0.05) is 18.2 Å². The first-order chi connectivity index (χ1) is 14.2. The highest BCUT2D eigenvalue weighted by Crippen LogP contribution is 2.34. The molecule has 11 heteroatoms. The van der Waals surface area contributed by atoms with Crippen molar-refractivity contribution in [3.63, 3.8) is 0 Å². The van der Waals surface area contributed by atoms with Crippen LogP contribution in [0.1, 0.15) is 27.3 Å². The number of anilines is 1. The van der Waals surface area contributed by atoms with Gasteiger partial charge in [-0.15, -0.1) is 11.3 Å². The van der Waals surface area contributed by atoms with Gasteiger partial charge in [0.25, 0.3) is 5.91 Å². The lowest BCUT2D eigenvalue weighted by atomic mass is 10.1. The number of benzene rings is 1. The SMILES string of the molecule is Cn1nc(C(F)(F)F)cc1-c1ccc(C(=O)Nc2ccccc2CCC(=O)NO)s1. The number of aromatic nitrogens is 2. The Balaban J connectivity index is 1.77. The quantitative estimate of drug-likeness (QED) is 0.402. The molecule has 0 aliphatic carbocycles. The maximum atomic E-state index is 12.9. The van der Waals surface area contributed by atoms with Crippen LogP contribution in [0.15, 0.2) is 42.5 Å². The third-order valence-electron chi connectivity index (χ3n) is 4.26. The number of hydrogen-bond acceptors (Lipinski definition) is 5. The topological polar surface area (TPSA) is 96.2 Å². The Hall–Kier alpha value is -3.18. The number of nitrogens with one attached hydrogen (secondary N) is 2. The van der Waals surface area contributed by atoms with Crippen LogP contribution in [-0.4, -0.2) is 26.8 Å². The number of alkyl halides is 3. The molecule has 30 heavy (non-hydrogen) atoms. The van der Waals surface area contributed by atoms with E-state index in [9.17, 15) is 22.8 Å². The first-order valence-electron chi connectivity index (χ1n) is 8.72. The van der Waals surface area contributed by atoms with Crippen LogP contribution in [0.3, 0.4) is 0 Å². The second kappa shape index (κ2) is 8.67. The average Bonchev–Trinajstić information content (AvgIpc) is 3.33. The number of carbonyl (C=O) groups is 2. The monoisotopic (exact) mass is 438 g/mol. The molecular formula is C19H17F3N4O3S. The molecule has 0 radical (unpaired) electrons. The van der Waals surface area contributed by atoms with Gasteiger partial charge in [-0.05, 0) is 36.2 Å². The maximum Gasteiger partial charge on any atom is 0.435 e. The molecule has 0 spiro atoms. The summed E-state index contributed by atoms with van der Waals surface area (Å²) in [5.41, 5.74) is 2.01. The van der Waals surface area contributed by atoms with Crippen molar-refractivity contribution >= 4 is 28.8 Å². The highest BCUT2D eigenvalue weighted by molar-refractivity contribution is 7.17. The van der Waals surface area contributed by atoms with E-state index in [4.69, 9.17) is 5.21 Å². The van der Waals surface area contributed by atoms with Crippen molar-refractivity contribution in [1.82, 2.24) is 15.3 Å². The van der Waals surface area contributed by atoms with Crippen LogP contribution in [0.25, 0.3) is 10.6 Å². The summed E-state index contributed by atoms with van der Waals surface area (Å²) in [4.78, 5) is 24.7. The molecule has 3 N–H and O–H groups in total. The molecule has 0 fully saturated rings. The number of hydrogen-bond donors (Lipinski definition) is 3. The summed E-state index contributed by atoms with van der Waals surface area (Å²) < 4.78 is 39.7. The van der Waals surface area contributed by atoms with Crippen molar-refractivity contribution in [2.75, 3.05) is 5.32 Å². The van der Waals surface area contributed by atoms with Gasteiger partial charge >= 0.3 is 6.18 Å². The van der Waals surface area contributed by atoms with Crippen molar-refractivity contribution < 1.29 is 28.0 Å². The summed E-state index contributed by atoms with van der Waals surface area (Å²) in [5.74, 6) is -0.975. The molecule has 1 aromatic carbocycles. The fourth-order valence-corrected chi connectivity index (χ4v) is 3.73. The number of rotatable bonds is 6. The number of aryl methyl sites for hydroxylation is 2. The molecule has 158 valence electrons. The Morgan fingerprint density at radius 1 is 1.20 bits per heavy atom. The molecule has 0 unspecified atom stereocenters. The van der Waals surface area contributed by atoms with E-state index in [0.717, 1.165) is 22.1 Å². The Morgan fingerprint density at radius 2 is 1.93 bits per heavy atom. The standard InChI is InChI=1S/C19H17F3N4O3S/c1-26-13(10-16(24-26)19(20,21)22)14-7-8-15(30-14)18(28)23-12-5-3-2-4-11(12)6-9-17(27)25-29/h2-5,7-8,10,29H,6,9H2,1H3,(H,23,28)(H,25,27). The lowest BCUT2D eigenvalue weighted by Crippen LogP contribution is -2.19. The number of halogens is 3. The number of para-hydroxylation sites is 1. The first-order valence-corrected chi connectivity index (χ1v) is 9.54. The van der Waals surface area contributed by atoms with Crippen LogP contribution in [-0.2, 0) is 24.4 Å². The Bertz CT molecular complexity index is 1080. The molecule has 0 saturated carbocycles. The normalized spacial score (nSPS) is 11.4. The minimum Gasteiger partial charge on any atom is -0.321 e. The predicted octanol–water partition coefficient (Wildman–Crippen LogP) is 3.86. The Labute approximate surface area is 173 Å². The van der Waals surface area contributed by atoms with E-state index in [1.807, 2.05) is 0 Å². The van der Waals surface area contributed by atoms with Crippen molar-refractivity contribution in [2.45, 2.75) is 19.0 Å². The van der Waals surface area contributed by atoms with Crippen molar-refractivity contribution in [1.29, 1.82) is 0 Å². The van der Waals surface area contributed by atoms with Gasteiger partial charge in [-0.2, -0.15) is 18.3 Å². The van der Waals surface area contributed by atoms with Crippen LogP contribution in [0.2, 0.25) is 0 Å². The third-order valence-corrected chi connectivity index (χ3v) is 5.37. The summed E-state index contributed by atoms with van der Waals surface area (Å²) in [7, 11) is 1.41. The molecule has 3 aromatic rings. The fraction of sp³-hybridized carbons (Fsp3) is 0.211. The first kappa shape index (κ1) is 21.5. The largest absolute Gasteiger partial charge is 0.435 e. The number of nitrogens with zero attached hydrogens (tertiary/aromatic N) is 2. The second-order valence-electron chi connectivity index (χ2n) is 6.35. The highest BCUT2D eigenvalue weighted by Gasteiger charge is 2.34. The summed E-state index contributed by atoms with van der Waals surface area (Å²) in [6.45, 7) is 0. The third kappa shape index (κ3) is 4.86. The molecule has 0 aliphatic rings. The molecule has 2 heterocycles. The van der Waals surface area contributed by atoms with E-state index in [2.05, 4.69) is 10.4 Å². The van der Waals surface area contributed by atoms with Crippen LogP contribution in [0.4, 0.5) is 18.9 Å². The average molecular weight is 438 g/mol. The molecule has 0 bridgehead atoms. The van der Waals surface area contributed by atoms with Gasteiger partial charge in [-0.25, -0.2) is 5.48 Å². The zero-order valence-electron chi connectivity index (χ0n) is 15.7. The van der Waals surface area contributed by atoms with Gasteiger partial charge in [0.2, 0.25) is 5.91 Å². The maximum absolute atomic E-state index is 12.9.